The summed E-state index contributed by atoms with van der Waals surface area (Å²) in [5, 5.41) is 13.3. The summed E-state index contributed by atoms with van der Waals surface area (Å²) in [5.74, 6) is 0.0682. The van der Waals surface area contributed by atoms with Gasteiger partial charge in [-0.1, -0.05) is 56.3 Å². The quantitative estimate of drug-likeness (QED) is 0.538. The lowest BCUT2D eigenvalue weighted by molar-refractivity contribution is -0.258. The molecule has 2 amide bonds. The molecule has 1 aliphatic rings. The zero-order valence-electron chi connectivity index (χ0n) is 20.9. The molecule has 8 heteroatoms. The molecule has 1 saturated heterocycles. The minimum Gasteiger partial charge on any atom is -0.497 e. The number of carbonyl (C=O) groups is 2. The molecule has 1 aliphatic heterocycles. The number of nitrogens with zero attached hydrogens (tertiary/aromatic N) is 1. The lowest BCUT2D eigenvalue weighted by Crippen LogP contribution is -2.52. The first-order valence-electron chi connectivity index (χ1n) is 11.9. The van der Waals surface area contributed by atoms with Crippen LogP contribution in [0.5, 0.6) is 5.75 Å². The number of hydrogen-bond acceptors (Lipinski definition) is 6. The van der Waals surface area contributed by atoms with Gasteiger partial charge in [0, 0.05) is 30.6 Å². The topological polar surface area (TPSA) is 97.3 Å². The normalized spacial score (nSPS) is 20.0. The third-order valence-electron chi connectivity index (χ3n) is 6.11. The van der Waals surface area contributed by atoms with Crippen molar-refractivity contribution < 1.29 is 28.9 Å². The predicted octanol–water partition coefficient (Wildman–Crippen LogP) is 3.05. The molecular formula is C27H36N2O6. The average molecular weight is 485 g/mol. The molecule has 2 N–H and O–H groups in total. The first-order valence-corrected chi connectivity index (χ1v) is 11.9. The van der Waals surface area contributed by atoms with E-state index in [-0.39, 0.29) is 24.8 Å². The highest BCUT2D eigenvalue weighted by atomic mass is 16.7. The zero-order valence-corrected chi connectivity index (χ0v) is 20.9. The van der Waals surface area contributed by atoms with Gasteiger partial charge in [0.05, 0.1) is 13.7 Å². The van der Waals surface area contributed by atoms with Crippen LogP contribution in [0.3, 0.4) is 0 Å². The van der Waals surface area contributed by atoms with Gasteiger partial charge in [-0.15, -0.1) is 0 Å². The van der Waals surface area contributed by atoms with E-state index < -0.39 is 23.9 Å². The Morgan fingerprint density at radius 2 is 1.86 bits per heavy atom. The van der Waals surface area contributed by atoms with Crippen molar-refractivity contribution in [1.82, 2.24) is 10.2 Å². The Bertz CT molecular complexity index is 963. The minimum absolute atomic E-state index is 0.113. The van der Waals surface area contributed by atoms with Crippen molar-refractivity contribution in [1.29, 1.82) is 0 Å². The van der Waals surface area contributed by atoms with Crippen LogP contribution in [0, 0.1) is 5.41 Å². The van der Waals surface area contributed by atoms with E-state index in [0.29, 0.717) is 19.7 Å². The number of aliphatic hydroxyl groups is 1. The van der Waals surface area contributed by atoms with Gasteiger partial charge in [0.15, 0.2) is 6.29 Å². The number of likely N-dealkylation sites (N-methyl/N-ethyl adjacent to an activating group) is 1. The molecule has 8 nitrogen and oxygen atoms in total. The second-order valence-corrected chi connectivity index (χ2v) is 9.35. The van der Waals surface area contributed by atoms with Gasteiger partial charge in [-0.25, -0.2) is 0 Å². The minimum atomic E-state index is -1.20. The van der Waals surface area contributed by atoms with Crippen LogP contribution in [-0.2, 0) is 25.6 Å². The Labute approximate surface area is 207 Å². The second-order valence-electron chi connectivity index (χ2n) is 9.35. The van der Waals surface area contributed by atoms with Crippen LogP contribution in [0.15, 0.2) is 54.6 Å². The van der Waals surface area contributed by atoms with Crippen molar-refractivity contribution in [2.75, 3.05) is 26.8 Å². The summed E-state index contributed by atoms with van der Waals surface area (Å²) in [6.07, 6.45) is -2.51. The van der Waals surface area contributed by atoms with Gasteiger partial charge in [-0.05, 0) is 31.0 Å². The third kappa shape index (κ3) is 7.04. The van der Waals surface area contributed by atoms with Crippen LogP contribution < -0.4 is 10.1 Å². The van der Waals surface area contributed by atoms with Gasteiger partial charge >= 0.3 is 0 Å². The van der Waals surface area contributed by atoms with Crippen molar-refractivity contribution >= 4 is 11.8 Å². The first-order chi connectivity index (χ1) is 16.7. The van der Waals surface area contributed by atoms with E-state index in [4.69, 9.17) is 14.2 Å². The molecule has 0 spiro atoms. The monoisotopic (exact) mass is 484 g/mol. The maximum Gasteiger partial charge on any atom is 0.251 e. The van der Waals surface area contributed by atoms with E-state index in [0.717, 1.165) is 16.9 Å². The van der Waals surface area contributed by atoms with Gasteiger partial charge < -0.3 is 29.5 Å². The first kappa shape index (κ1) is 26.7. The molecule has 1 heterocycles. The van der Waals surface area contributed by atoms with E-state index in [9.17, 15) is 14.7 Å². The number of methoxy groups -OCH3 is 1. The van der Waals surface area contributed by atoms with Crippen LogP contribution >= 0.6 is 0 Å². The number of amides is 2. The number of hydrogen-bond donors (Lipinski definition) is 2. The van der Waals surface area contributed by atoms with Crippen molar-refractivity contribution in [3.63, 3.8) is 0 Å². The maximum absolute atomic E-state index is 13.0. The molecule has 2 aromatic rings. The van der Waals surface area contributed by atoms with E-state index in [2.05, 4.69) is 5.32 Å². The van der Waals surface area contributed by atoms with E-state index in [1.54, 1.807) is 12.0 Å². The summed E-state index contributed by atoms with van der Waals surface area (Å²) < 4.78 is 17.1. The maximum atomic E-state index is 13.0. The Kier molecular flexibility index (Phi) is 9.26. The molecule has 0 bridgehead atoms. The van der Waals surface area contributed by atoms with Gasteiger partial charge in [0.2, 0.25) is 5.91 Å². The molecule has 1 fully saturated rings. The van der Waals surface area contributed by atoms with Crippen molar-refractivity contribution in [3.05, 3.63) is 65.7 Å². The lowest BCUT2D eigenvalue weighted by atomic mass is 9.85. The number of nitrogens with one attached hydrogen (secondary N) is 1. The van der Waals surface area contributed by atoms with Gasteiger partial charge in [-0.3, -0.25) is 9.59 Å². The summed E-state index contributed by atoms with van der Waals surface area (Å²) in [4.78, 5) is 27.3. The van der Waals surface area contributed by atoms with Crippen molar-refractivity contribution in [3.8, 4) is 5.75 Å². The molecular weight excluding hydrogens is 448 g/mol. The molecule has 3 rings (SSSR count). The Hall–Kier alpha value is -2.94. The number of benzene rings is 2. The zero-order chi connectivity index (χ0) is 25.4. The number of ether oxygens (including phenoxy) is 3. The molecule has 35 heavy (non-hydrogen) atoms. The van der Waals surface area contributed by atoms with Crippen LogP contribution in [0.1, 0.15) is 44.6 Å². The average Bonchev–Trinajstić information content (AvgIpc) is 2.87. The van der Waals surface area contributed by atoms with Gasteiger partial charge in [0.25, 0.3) is 5.91 Å². The predicted molar refractivity (Wildman–Crippen MR) is 132 cm³/mol. The largest absolute Gasteiger partial charge is 0.497 e. The molecule has 0 aliphatic carbocycles. The SMILES string of the molecule is CCN(Cc1ccccc1)C(=O)C(O)CCNC(=O)C1OC(c2ccc(OC)cc2)OCC1(C)C. The Morgan fingerprint density at radius 3 is 2.49 bits per heavy atom. The fourth-order valence-electron chi connectivity index (χ4n) is 3.97. The molecule has 0 saturated carbocycles. The lowest BCUT2D eigenvalue weighted by Gasteiger charge is -2.41. The highest BCUT2D eigenvalue weighted by Gasteiger charge is 2.43. The summed E-state index contributed by atoms with van der Waals surface area (Å²) in [5.41, 5.74) is 1.24. The number of aliphatic hydroxyl groups excluding tert-OH is 1. The van der Waals surface area contributed by atoms with Gasteiger partial charge in [-0.2, -0.15) is 0 Å². The smallest absolute Gasteiger partial charge is 0.251 e. The fourth-order valence-corrected chi connectivity index (χ4v) is 3.97. The molecule has 0 aromatic heterocycles. The van der Waals surface area contributed by atoms with Crippen LogP contribution in [0.25, 0.3) is 0 Å². The van der Waals surface area contributed by atoms with E-state index in [1.165, 1.54) is 0 Å². The summed E-state index contributed by atoms with van der Waals surface area (Å²) in [7, 11) is 1.60. The highest BCUT2D eigenvalue weighted by molar-refractivity contribution is 5.82. The third-order valence-corrected chi connectivity index (χ3v) is 6.11. The van der Waals surface area contributed by atoms with Crippen LogP contribution in [-0.4, -0.2) is 60.8 Å². The van der Waals surface area contributed by atoms with Crippen LogP contribution in [0.4, 0.5) is 0 Å². The van der Waals surface area contributed by atoms with Crippen molar-refractivity contribution in [2.24, 2.45) is 5.41 Å². The summed E-state index contributed by atoms with van der Waals surface area (Å²) in [6.45, 7) is 7.08. The molecule has 3 unspecified atom stereocenters. The van der Waals surface area contributed by atoms with E-state index >= 15 is 0 Å². The van der Waals surface area contributed by atoms with Crippen LogP contribution in [0.2, 0.25) is 0 Å². The number of carbonyl (C=O) groups excluding carboxylic acids is 2. The molecule has 0 radical (unpaired) electrons. The highest BCUT2D eigenvalue weighted by Crippen LogP contribution is 2.36. The molecule has 2 aromatic carbocycles. The summed E-state index contributed by atoms with van der Waals surface area (Å²) >= 11 is 0. The number of rotatable bonds is 10. The molecule has 3 atom stereocenters. The molecule has 190 valence electrons. The summed E-state index contributed by atoms with van der Waals surface area (Å²) in [6, 6.07) is 16.9. The Morgan fingerprint density at radius 1 is 1.17 bits per heavy atom. The standard InChI is InChI=1S/C27H36N2O6/c1-5-29(17-19-9-7-6-8-10-19)25(32)22(30)15-16-28-24(31)23-27(2,3)18-34-26(35-23)20-11-13-21(33-4)14-12-20/h6-14,22-23,26,30H,5,15-18H2,1-4H3,(H,28,31). The second kappa shape index (κ2) is 12.2. The van der Waals surface area contributed by atoms with Gasteiger partial charge in [0.1, 0.15) is 18.0 Å². The van der Waals surface area contributed by atoms with E-state index in [1.807, 2.05) is 75.4 Å². The van der Waals surface area contributed by atoms with Crippen molar-refractivity contribution in [2.45, 2.75) is 52.2 Å². The Balaban J connectivity index is 1.53. The fraction of sp³-hybridized carbons (Fsp3) is 0.481.